The Balaban J connectivity index is 1.55. The van der Waals surface area contributed by atoms with Gasteiger partial charge in [0.15, 0.2) is 5.78 Å². The summed E-state index contributed by atoms with van der Waals surface area (Å²) in [7, 11) is 0. The van der Waals surface area contributed by atoms with Crippen molar-refractivity contribution < 1.29 is 14.0 Å². The van der Waals surface area contributed by atoms with E-state index in [-0.39, 0.29) is 17.5 Å². The summed E-state index contributed by atoms with van der Waals surface area (Å²) < 4.78 is 13.3. The number of halogens is 1. The van der Waals surface area contributed by atoms with Gasteiger partial charge >= 0.3 is 0 Å². The molecule has 0 saturated carbocycles. The third kappa shape index (κ3) is 2.69. The maximum Gasteiger partial charge on any atom is 0.251 e. The van der Waals surface area contributed by atoms with Gasteiger partial charge in [0, 0.05) is 23.2 Å². The topological polar surface area (TPSA) is 46.2 Å². The average Bonchev–Trinajstić information content (AvgIpc) is 2.95. The van der Waals surface area contributed by atoms with E-state index in [1.807, 2.05) is 24.3 Å². The van der Waals surface area contributed by atoms with Crippen LogP contribution in [0.15, 0.2) is 60.7 Å². The van der Waals surface area contributed by atoms with E-state index in [0.717, 1.165) is 16.7 Å². The first-order valence-corrected chi connectivity index (χ1v) is 8.36. The maximum absolute atomic E-state index is 13.3. The second-order valence-corrected chi connectivity index (χ2v) is 6.40. The predicted octanol–water partition coefficient (Wildman–Crippen LogP) is 4.28. The molecule has 0 aliphatic heterocycles. The van der Waals surface area contributed by atoms with Gasteiger partial charge in [0.05, 0.1) is 0 Å². The highest BCUT2D eigenvalue weighted by molar-refractivity contribution is 6.22. The molecule has 1 amide bonds. The number of fused-ring (bicyclic) bond motifs is 3. The third-order valence-electron chi connectivity index (χ3n) is 4.66. The van der Waals surface area contributed by atoms with E-state index in [4.69, 9.17) is 0 Å². The molecule has 0 heterocycles. The van der Waals surface area contributed by atoms with Crippen molar-refractivity contribution in [2.45, 2.75) is 13.5 Å². The van der Waals surface area contributed by atoms with E-state index in [0.29, 0.717) is 28.8 Å². The van der Waals surface area contributed by atoms with Crippen molar-refractivity contribution in [3.8, 4) is 11.1 Å². The summed E-state index contributed by atoms with van der Waals surface area (Å²) >= 11 is 0. The Morgan fingerprint density at radius 1 is 0.923 bits per heavy atom. The van der Waals surface area contributed by atoms with Crippen molar-refractivity contribution in [3.05, 3.63) is 94.3 Å². The van der Waals surface area contributed by atoms with E-state index < -0.39 is 0 Å². The molecular formula is C22H16FNO2. The molecular weight excluding hydrogens is 329 g/mol. The lowest BCUT2D eigenvalue weighted by Crippen LogP contribution is -2.23. The molecule has 0 fully saturated rings. The molecule has 0 atom stereocenters. The van der Waals surface area contributed by atoms with Crippen LogP contribution < -0.4 is 5.32 Å². The van der Waals surface area contributed by atoms with Crippen molar-refractivity contribution >= 4 is 11.7 Å². The number of carbonyl (C=O) groups is 2. The number of nitrogens with one attached hydrogen (secondary N) is 1. The van der Waals surface area contributed by atoms with Crippen LogP contribution in [0.2, 0.25) is 0 Å². The molecule has 4 heteroatoms. The van der Waals surface area contributed by atoms with Crippen LogP contribution in [0, 0.1) is 12.7 Å². The standard InChI is InChI=1S/C22H16FNO2/c1-13-10-14(6-9-20(13)23)12-24-22(26)15-7-8-17-16-4-2-3-5-18(16)21(25)19(17)11-15/h2-11H,12H2,1H3,(H,24,26). The summed E-state index contributed by atoms with van der Waals surface area (Å²) in [4.78, 5) is 25.0. The van der Waals surface area contributed by atoms with Gasteiger partial charge in [0.25, 0.3) is 5.91 Å². The second kappa shape index (κ2) is 6.23. The Morgan fingerprint density at radius 3 is 2.42 bits per heavy atom. The highest BCUT2D eigenvalue weighted by atomic mass is 19.1. The smallest absolute Gasteiger partial charge is 0.251 e. The summed E-state index contributed by atoms with van der Waals surface area (Å²) in [6, 6.07) is 17.4. The average molecular weight is 345 g/mol. The van der Waals surface area contributed by atoms with Crippen LogP contribution in [0.4, 0.5) is 4.39 Å². The lowest BCUT2D eigenvalue weighted by Gasteiger charge is -2.08. The lowest BCUT2D eigenvalue weighted by atomic mass is 10.0. The van der Waals surface area contributed by atoms with Gasteiger partial charge in [-0.05, 0) is 47.4 Å². The van der Waals surface area contributed by atoms with Gasteiger partial charge in [-0.15, -0.1) is 0 Å². The molecule has 3 aromatic rings. The largest absolute Gasteiger partial charge is 0.348 e. The minimum Gasteiger partial charge on any atom is -0.348 e. The summed E-state index contributed by atoms with van der Waals surface area (Å²) in [5.41, 5.74) is 4.78. The molecule has 26 heavy (non-hydrogen) atoms. The number of hydrogen-bond acceptors (Lipinski definition) is 2. The first-order valence-electron chi connectivity index (χ1n) is 8.36. The molecule has 1 aliphatic carbocycles. The van der Waals surface area contributed by atoms with Crippen molar-refractivity contribution in [2.24, 2.45) is 0 Å². The number of rotatable bonds is 3. The predicted molar refractivity (Wildman–Crippen MR) is 97.6 cm³/mol. The molecule has 3 aromatic carbocycles. The second-order valence-electron chi connectivity index (χ2n) is 6.40. The van der Waals surface area contributed by atoms with Crippen LogP contribution in [0.25, 0.3) is 11.1 Å². The van der Waals surface area contributed by atoms with Crippen molar-refractivity contribution in [3.63, 3.8) is 0 Å². The number of benzene rings is 3. The zero-order chi connectivity index (χ0) is 18.3. The minimum absolute atomic E-state index is 0.0561. The van der Waals surface area contributed by atoms with Gasteiger partial charge in [-0.1, -0.05) is 42.5 Å². The number of carbonyl (C=O) groups excluding carboxylic acids is 2. The molecule has 0 bridgehead atoms. The fourth-order valence-electron chi connectivity index (χ4n) is 3.27. The van der Waals surface area contributed by atoms with Gasteiger partial charge < -0.3 is 5.32 Å². The molecule has 0 unspecified atom stereocenters. The van der Waals surface area contributed by atoms with Gasteiger partial charge in [0.2, 0.25) is 0 Å². The van der Waals surface area contributed by atoms with Gasteiger partial charge in [0.1, 0.15) is 5.82 Å². The van der Waals surface area contributed by atoms with Crippen LogP contribution in [-0.2, 0) is 6.54 Å². The molecule has 1 aliphatic rings. The lowest BCUT2D eigenvalue weighted by molar-refractivity contribution is 0.0951. The quantitative estimate of drug-likeness (QED) is 0.602. The summed E-state index contributed by atoms with van der Waals surface area (Å²) in [6.07, 6.45) is 0. The Labute approximate surface area is 150 Å². The maximum atomic E-state index is 13.3. The highest BCUT2D eigenvalue weighted by Gasteiger charge is 2.26. The van der Waals surface area contributed by atoms with Gasteiger partial charge in [-0.3, -0.25) is 9.59 Å². The van der Waals surface area contributed by atoms with Crippen LogP contribution in [0.3, 0.4) is 0 Å². The number of hydrogen-bond donors (Lipinski definition) is 1. The molecule has 1 N–H and O–H groups in total. The summed E-state index contributed by atoms with van der Waals surface area (Å²) in [6.45, 7) is 1.98. The Kier molecular flexibility index (Phi) is 3.88. The zero-order valence-corrected chi connectivity index (χ0v) is 14.2. The molecule has 4 rings (SSSR count). The van der Waals surface area contributed by atoms with Crippen LogP contribution in [-0.4, -0.2) is 11.7 Å². The number of amides is 1. The molecule has 3 nitrogen and oxygen atoms in total. The number of aryl methyl sites for hydroxylation is 1. The van der Waals surface area contributed by atoms with E-state index >= 15 is 0 Å². The SMILES string of the molecule is Cc1cc(CNC(=O)c2ccc3c(c2)C(=O)c2ccccc2-3)ccc1F. The monoisotopic (exact) mass is 345 g/mol. The Hall–Kier alpha value is -3.27. The summed E-state index contributed by atoms with van der Waals surface area (Å²) in [5.74, 6) is -0.588. The zero-order valence-electron chi connectivity index (χ0n) is 14.2. The molecule has 0 radical (unpaired) electrons. The van der Waals surface area contributed by atoms with Crippen molar-refractivity contribution in [1.82, 2.24) is 5.32 Å². The van der Waals surface area contributed by atoms with Crippen LogP contribution >= 0.6 is 0 Å². The normalized spacial score (nSPS) is 11.8. The molecule has 0 spiro atoms. The molecule has 0 saturated heterocycles. The van der Waals surface area contributed by atoms with E-state index in [9.17, 15) is 14.0 Å². The van der Waals surface area contributed by atoms with Crippen molar-refractivity contribution in [2.75, 3.05) is 0 Å². The molecule has 0 aromatic heterocycles. The van der Waals surface area contributed by atoms with E-state index in [1.54, 1.807) is 37.3 Å². The van der Waals surface area contributed by atoms with Gasteiger partial charge in [-0.2, -0.15) is 0 Å². The van der Waals surface area contributed by atoms with Crippen molar-refractivity contribution in [1.29, 1.82) is 0 Å². The highest BCUT2D eigenvalue weighted by Crippen LogP contribution is 2.36. The van der Waals surface area contributed by atoms with Gasteiger partial charge in [-0.25, -0.2) is 4.39 Å². The number of ketones is 1. The van der Waals surface area contributed by atoms with Crippen LogP contribution in [0.1, 0.15) is 37.4 Å². The fourth-order valence-corrected chi connectivity index (χ4v) is 3.27. The first-order chi connectivity index (χ1) is 12.5. The minimum atomic E-state index is -0.267. The molecule has 128 valence electrons. The fraction of sp³-hybridized carbons (Fsp3) is 0.0909. The Morgan fingerprint density at radius 2 is 1.65 bits per heavy atom. The van der Waals surface area contributed by atoms with E-state index in [1.165, 1.54) is 6.07 Å². The van der Waals surface area contributed by atoms with Crippen LogP contribution in [0.5, 0.6) is 0 Å². The Bertz CT molecular complexity index is 1060. The first kappa shape index (κ1) is 16.2. The third-order valence-corrected chi connectivity index (χ3v) is 4.66. The summed E-state index contributed by atoms with van der Waals surface area (Å²) in [5, 5.41) is 2.82. The van der Waals surface area contributed by atoms with E-state index in [2.05, 4.69) is 5.32 Å².